The molecule has 0 bridgehead atoms. The van der Waals surface area contributed by atoms with E-state index in [9.17, 15) is 4.79 Å². The summed E-state index contributed by atoms with van der Waals surface area (Å²) in [6, 6.07) is 18.7. The van der Waals surface area contributed by atoms with Crippen molar-refractivity contribution in [3.05, 3.63) is 71.3 Å². The summed E-state index contributed by atoms with van der Waals surface area (Å²) in [5, 5.41) is 8.23. The Bertz CT molecular complexity index is 1170. The second kappa shape index (κ2) is 10.2. The Balaban J connectivity index is 1.44. The Morgan fingerprint density at radius 2 is 1.77 bits per heavy atom. The van der Waals surface area contributed by atoms with Crippen molar-refractivity contribution < 1.29 is 9.53 Å². The molecule has 5 rings (SSSR count). The number of benzene rings is 2. The summed E-state index contributed by atoms with van der Waals surface area (Å²) in [6.07, 6.45) is 0.972. The van der Waals surface area contributed by atoms with Gasteiger partial charge in [-0.1, -0.05) is 42.5 Å². The predicted molar refractivity (Wildman–Crippen MR) is 136 cm³/mol. The average Bonchev–Trinajstić information content (AvgIpc) is 3.22. The number of ether oxygens (including phenoxy) is 1. The number of carbonyl (C=O) groups excluding carboxylic acids is 1. The Morgan fingerprint density at radius 1 is 1.03 bits per heavy atom. The molecule has 1 unspecified atom stereocenters. The van der Waals surface area contributed by atoms with Crippen LogP contribution < -0.4 is 30.7 Å². The molecule has 0 radical (unpaired) electrons. The van der Waals surface area contributed by atoms with Gasteiger partial charge in [-0.2, -0.15) is 9.97 Å². The summed E-state index contributed by atoms with van der Waals surface area (Å²) in [6.45, 7) is 4.92. The maximum absolute atomic E-state index is 11.2. The third kappa shape index (κ3) is 5.14. The third-order valence-electron chi connectivity index (χ3n) is 6.31. The van der Waals surface area contributed by atoms with Crippen molar-refractivity contribution in [1.29, 1.82) is 0 Å². The normalized spacial score (nSPS) is 16.1. The van der Waals surface area contributed by atoms with Crippen LogP contribution in [0.2, 0.25) is 0 Å². The lowest BCUT2D eigenvalue weighted by Gasteiger charge is -2.32. The lowest BCUT2D eigenvalue weighted by molar-refractivity contribution is -0.118. The number of aromatic nitrogens is 2. The molecule has 1 atom stereocenters. The zero-order chi connectivity index (χ0) is 24.2. The molecule has 182 valence electrons. The molecule has 2 aliphatic heterocycles. The number of methoxy groups -OCH3 is 1. The molecule has 9 nitrogen and oxygen atoms in total. The Labute approximate surface area is 205 Å². The van der Waals surface area contributed by atoms with Crippen molar-refractivity contribution in [2.75, 3.05) is 42.0 Å². The monoisotopic (exact) mass is 473 g/mol. The summed E-state index contributed by atoms with van der Waals surface area (Å²) < 4.78 is 5.31. The molecule has 0 saturated heterocycles. The van der Waals surface area contributed by atoms with Gasteiger partial charge in [0.05, 0.1) is 25.3 Å². The lowest BCUT2D eigenvalue weighted by Crippen LogP contribution is -2.37. The van der Waals surface area contributed by atoms with Gasteiger partial charge in [-0.05, 0) is 29.7 Å². The molecule has 1 amide bonds. The number of hydrogen-bond donors (Lipinski definition) is 3. The van der Waals surface area contributed by atoms with Crippen molar-refractivity contribution in [3.63, 3.8) is 0 Å². The molecule has 3 heterocycles. The molecule has 0 spiro atoms. The predicted octanol–water partition coefficient (Wildman–Crippen LogP) is 3.01. The minimum atomic E-state index is -0.0523. The first kappa shape index (κ1) is 22.9. The Kier molecular flexibility index (Phi) is 6.67. The first-order chi connectivity index (χ1) is 17.1. The van der Waals surface area contributed by atoms with Gasteiger partial charge in [-0.15, -0.1) is 0 Å². The number of hydrogen-bond acceptors (Lipinski definition) is 8. The van der Waals surface area contributed by atoms with Crippen molar-refractivity contribution in [1.82, 2.24) is 20.7 Å². The van der Waals surface area contributed by atoms with Crippen LogP contribution in [0.25, 0.3) is 0 Å². The van der Waals surface area contributed by atoms with Crippen LogP contribution in [0.15, 0.2) is 54.6 Å². The van der Waals surface area contributed by atoms with E-state index in [1.54, 1.807) is 7.11 Å². The molecule has 1 aromatic heterocycles. The van der Waals surface area contributed by atoms with Crippen molar-refractivity contribution in [2.45, 2.75) is 32.5 Å². The van der Waals surface area contributed by atoms with Crippen LogP contribution in [0.3, 0.4) is 0 Å². The van der Waals surface area contributed by atoms with Gasteiger partial charge in [0.1, 0.15) is 11.6 Å². The van der Waals surface area contributed by atoms with Gasteiger partial charge in [0, 0.05) is 33.1 Å². The number of nitrogens with zero attached hydrogens (tertiary/aromatic N) is 4. The lowest BCUT2D eigenvalue weighted by atomic mass is 10.0. The van der Waals surface area contributed by atoms with Crippen molar-refractivity contribution >= 4 is 23.5 Å². The average molecular weight is 474 g/mol. The van der Waals surface area contributed by atoms with E-state index in [2.05, 4.69) is 62.4 Å². The zero-order valence-electron chi connectivity index (χ0n) is 20.1. The quantitative estimate of drug-likeness (QED) is 0.409. The van der Waals surface area contributed by atoms with E-state index in [4.69, 9.17) is 14.7 Å². The highest BCUT2D eigenvalue weighted by Crippen LogP contribution is 2.44. The summed E-state index contributed by atoms with van der Waals surface area (Å²) >= 11 is 0. The van der Waals surface area contributed by atoms with E-state index in [1.807, 2.05) is 18.2 Å². The van der Waals surface area contributed by atoms with Crippen LogP contribution in [0.1, 0.15) is 36.1 Å². The Hall–Kier alpha value is -3.85. The second-order valence-corrected chi connectivity index (χ2v) is 8.83. The van der Waals surface area contributed by atoms with Crippen LogP contribution in [-0.2, 0) is 17.9 Å². The number of anilines is 3. The zero-order valence-corrected chi connectivity index (χ0v) is 20.1. The van der Waals surface area contributed by atoms with E-state index < -0.39 is 0 Å². The molecule has 0 fully saturated rings. The molecule has 0 aliphatic carbocycles. The fourth-order valence-corrected chi connectivity index (χ4v) is 4.60. The highest BCUT2D eigenvalue weighted by atomic mass is 16.5. The molecule has 9 heteroatoms. The molecule has 3 aromatic rings. The van der Waals surface area contributed by atoms with Crippen molar-refractivity contribution in [2.24, 2.45) is 0 Å². The van der Waals surface area contributed by atoms with E-state index in [1.165, 1.54) is 18.1 Å². The largest absolute Gasteiger partial charge is 0.497 e. The van der Waals surface area contributed by atoms with Gasteiger partial charge in [0.25, 0.3) is 0 Å². The number of amides is 1. The summed E-state index contributed by atoms with van der Waals surface area (Å²) in [5.41, 5.74) is 7.21. The molecular weight excluding hydrogens is 442 g/mol. The van der Waals surface area contributed by atoms with Gasteiger partial charge in [0.15, 0.2) is 5.82 Å². The number of nitrogens with one attached hydrogen (secondary N) is 3. The number of carbonyl (C=O) groups is 1. The highest BCUT2D eigenvalue weighted by molar-refractivity contribution is 5.72. The van der Waals surface area contributed by atoms with Gasteiger partial charge < -0.3 is 20.3 Å². The first-order valence-corrected chi connectivity index (χ1v) is 12.0. The minimum absolute atomic E-state index is 0.0523. The number of hydrazine groups is 1. The summed E-state index contributed by atoms with van der Waals surface area (Å²) in [5.74, 6) is 3.22. The molecular formula is C26H31N7O2. The summed E-state index contributed by atoms with van der Waals surface area (Å²) in [4.78, 5) is 23.4. The molecule has 3 N–H and O–H groups in total. The van der Waals surface area contributed by atoms with Crippen LogP contribution in [0, 0.1) is 0 Å². The maximum Gasteiger partial charge on any atom is 0.226 e. The van der Waals surface area contributed by atoms with E-state index >= 15 is 0 Å². The fourth-order valence-electron chi connectivity index (χ4n) is 4.60. The van der Waals surface area contributed by atoms with Crippen LogP contribution >= 0.6 is 0 Å². The topological polar surface area (TPSA) is 94.6 Å². The fraction of sp³-hybridized carbons (Fsp3) is 0.346. The maximum atomic E-state index is 11.2. The van der Waals surface area contributed by atoms with Gasteiger partial charge in [-0.3, -0.25) is 9.80 Å². The molecule has 2 aliphatic rings. The van der Waals surface area contributed by atoms with Crippen molar-refractivity contribution in [3.8, 4) is 5.75 Å². The standard InChI is InChI=1S/C26H31N7O2/c1-18(34)27-13-14-28-26-29-24-23-22(12-15-32(24)16-20-8-10-21(35-2)11-9-20)31-33(25(23)30-26)17-19-6-4-3-5-7-19/h3-11,22,31H,12-17H2,1-2H3,(H,27,34)(H,28,29,30). The second-order valence-electron chi connectivity index (χ2n) is 8.83. The first-order valence-electron chi connectivity index (χ1n) is 12.0. The van der Waals surface area contributed by atoms with Crippen LogP contribution in [-0.4, -0.2) is 42.6 Å². The Morgan fingerprint density at radius 3 is 2.51 bits per heavy atom. The van der Waals surface area contributed by atoms with E-state index in [0.29, 0.717) is 25.6 Å². The van der Waals surface area contributed by atoms with E-state index in [0.717, 1.165) is 42.5 Å². The van der Waals surface area contributed by atoms with Gasteiger partial charge >= 0.3 is 0 Å². The van der Waals surface area contributed by atoms with Crippen LogP contribution in [0.5, 0.6) is 5.75 Å². The molecule has 2 aromatic carbocycles. The molecule has 35 heavy (non-hydrogen) atoms. The highest BCUT2D eigenvalue weighted by Gasteiger charge is 2.38. The third-order valence-corrected chi connectivity index (χ3v) is 6.31. The summed E-state index contributed by atoms with van der Waals surface area (Å²) in [7, 11) is 1.68. The smallest absolute Gasteiger partial charge is 0.226 e. The van der Waals surface area contributed by atoms with Gasteiger partial charge in [-0.25, -0.2) is 5.43 Å². The minimum Gasteiger partial charge on any atom is -0.497 e. The van der Waals surface area contributed by atoms with Gasteiger partial charge in [0.2, 0.25) is 11.9 Å². The SMILES string of the molecule is COc1ccc(CN2CCC3NN(Cc4ccccc4)c4nc(NCCNC(C)=O)nc2c43)cc1. The van der Waals surface area contributed by atoms with Crippen LogP contribution in [0.4, 0.5) is 17.6 Å². The molecule has 0 saturated carbocycles. The van der Waals surface area contributed by atoms with E-state index in [-0.39, 0.29) is 11.9 Å². The number of rotatable bonds is 9.